The van der Waals surface area contributed by atoms with E-state index in [-0.39, 0.29) is 24.3 Å². The van der Waals surface area contributed by atoms with E-state index >= 15 is 0 Å². The molecule has 0 aliphatic rings. The predicted molar refractivity (Wildman–Crippen MR) is 221 cm³/mol. The molecule has 0 aliphatic heterocycles. The van der Waals surface area contributed by atoms with E-state index in [1.807, 2.05) is 57.3 Å². The smallest absolute Gasteiger partial charge is 0.307 e. The van der Waals surface area contributed by atoms with Gasteiger partial charge in [-0.15, -0.1) is 0 Å². The van der Waals surface area contributed by atoms with Gasteiger partial charge in [-0.1, -0.05) is 6.07 Å². The number of aromatic hydroxyl groups is 2. The lowest BCUT2D eigenvalue weighted by atomic mass is 10.1. The van der Waals surface area contributed by atoms with Crippen LogP contribution >= 0.6 is 158 Å². The molecule has 0 saturated heterocycles. The number of phenols is 2. The Labute approximate surface area is 342 Å². The Bertz CT molecular complexity index is 1630. The second-order valence-corrected chi connectivity index (χ2v) is 16.6. The van der Waals surface area contributed by atoms with Gasteiger partial charge in [-0.2, -0.15) is 0 Å². The van der Waals surface area contributed by atoms with E-state index in [0.29, 0.717) is 37.3 Å². The zero-order valence-corrected chi connectivity index (χ0v) is 36.3. The third-order valence-corrected chi connectivity index (χ3v) is 10.9. The van der Waals surface area contributed by atoms with Crippen LogP contribution in [-0.4, -0.2) is 32.4 Å². The highest BCUT2D eigenvalue weighted by molar-refractivity contribution is 14.1. The van der Waals surface area contributed by atoms with Crippen molar-refractivity contribution in [2.24, 2.45) is 0 Å². The molecule has 4 aromatic rings. The molecular weight excluding hydrogens is 1350 g/mol. The number of carbonyl (C=O) groups is 2. The Balaban J connectivity index is 0.000000236. The molecule has 4 N–H and O–H groups in total. The maximum atomic E-state index is 10.8. The monoisotopic (exact) mass is 1370 g/mol. The number of carboxylic acid groups (broad SMARTS) is 2. The minimum absolute atomic E-state index is 0.00864. The van der Waals surface area contributed by atoms with Gasteiger partial charge in [0.2, 0.25) is 0 Å². The second kappa shape index (κ2) is 17.3. The van der Waals surface area contributed by atoms with E-state index < -0.39 is 11.9 Å². The quantitative estimate of drug-likeness (QED) is 0.128. The lowest BCUT2D eigenvalue weighted by molar-refractivity contribution is -0.137. The number of hydrogen-bond donors (Lipinski definition) is 4. The molecule has 8 nitrogen and oxygen atoms in total. The van der Waals surface area contributed by atoms with Gasteiger partial charge in [-0.25, -0.2) is 0 Å². The summed E-state index contributed by atoms with van der Waals surface area (Å²) in [5.41, 5.74) is 1.47. The molecule has 4 aromatic carbocycles. The van der Waals surface area contributed by atoms with E-state index in [1.54, 1.807) is 42.5 Å². The van der Waals surface area contributed by atoms with Crippen LogP contribution in [0.1, 0.15) is 11.1 Å². The number of benzene rings is 4. The molecule has 0 spiro atoms. The van der Waals surface area contributed by atoms with Gasteiger partial charge in [0.1, 0.15) is 28.7 Å². The van der Waals surface area contributed by atoms with E-state index in [1.165, 1.54) is 0 Å². The highest BCUT2D eigenvalue weighted by Gasteiger charge is 2.14. The van der Waals surface area contributed by atoms with Gasteiger partial charge in [-0.3, -0.25) is 9.59 Å². The summed E-state index contributed by atoms with van der Waals surface area (Å²) in [6.07, 6.45) is -0.0213. The van der Waals surface area contributed by atoms with Crippen molar-refractivity contribution in [2.75, 3.05) is 0 Å². The molecule has 0 saturated carbocycles. The summed E-state index contributed by atoms with van der Waals surface area (Å²) in [4.78, 5) is 21.5. The molecule has 0 aliphatic carbocycles. The first-order chi connectivity index (χ1) is 20.1. The minimum atomic E-state index is -0.859. The Hall–Kier alpha value is 0.130. The van der Waals surface area contributed by atoms with Crippen molar-refractivity contribution in [1.82, 2.24) is 0 Å². The number of halogens is 7. The van der Waals surface area contributed by atoms with Crippen LogP contribution in [0.2, 0.25) is 0 Å². The highest BCUT2D eigenvalue weighted by Crippen LogP contribution is 2.37. The average Bonchev–Trinajstić information content (AvgIpc) is 2.89. The minimum Gasteiger partial charge on any atom is -0.506 e. The Morgan fingerprint density at radius 1 is 0.535 bits per heavy atom. The van der Waals surface area contributed by atoms with Gasteiger partial charge in [0.05, 0.1) is 37.8 Å². The van der Waals surface area contributed by atoms with Gasteiger partial charge in [0.25, 0.3) is 0 Å². The molecule has 226 valence electrons. The van der Waals surface area contributed by atoms with Gasteiger partial charge in [0.15, 0.2) is 5.75 Å². The zero-order valence-electron chi connectivity index (χ0n) is 21.2. The first-order valence-corrected chi connectivity index (χ1v) is 19.1. The Kier molecular flexibility index (Phi) is 15.1. The topological polar surface area (TPSA) is 134 Å². The zero-order chi connectivity index (χ0) is 32.0. The third-order valence-electron chi connectivity index (χ3n) is 5.19. The van der Waals surface area contributed by atoms with Crippen LogP contribution in [0.25, 0.3) is 0 Å². The number of carboxylic acids is 2. The maximum Gasteiger partial charge on any atom is 0.307 e. The molecule has 0 fully saturated rings. The molecule has 4 rings (SSSR count). The highest BCUT2D eigenvalue weighted by atomic mass is 127. The number of ether oxygens (including phenoxy) is 2. The summed E-state index contributed by atoms with van der Waals surface area (Å²) < 4.78 is 17.1. The molecule has 0 heterocycles. The van der Waals surface area contributed by atoms with Crippen molar-refractivity contribution >= 4 is 170 Å². The molecule has 0 unspecified atom stereocenters. The van der Waals surface area contributed by atoms with Crippen LogP contribution in [0.4, 0.5) is 0 Å². The Morgan fingerprint density at radius 3 is 1.35 bits per heavy atom. The van der Waals surface area contributed by atoms with Gasteiger partial charge < -0.3 is 29.9 Å². The number of phenolic OH excluding ortho intramolecular Hbond substituents is 2. The predicted octanol–water partition coefficient (Wildman–Crippen LogP) is 9.86. The van der Waals surface area contributed by atoms with E-state index in [0.717, 1.165) is 21.8 Å². The summed E-state index contributed by atoms with van der Waals surface area (Å²) in [5, 5.41) is 37.2. The van der Waals surface area contributed by atoms with Crippen molar-refractivity contribution in [1.29, 1.82) is 0 Å². The number of hydrogen-bond acceptors (Lipinski definition) is 6. The van der Waals surface area contributed by atoms with Crippen molar-refractivity contribution in [3.05, 3.63) is 90.7 Å². The van der Waals surface area contributed by atoms with Crippen LogP contribution in [0.15, 0.2) is 54.6 Å². The van der Waals surface area contributed by atoms with Gasteiger partial charge >= 0.3 is 11.9 Å². The maximum absolute atomic E-state index is 10.8. The molecule has 15 heteroatoms. The second-order valence-electron chi connectivity index (χ2n) is 8.47. The van der Waals surface area contributed by atoms with E-state index in [2.05, 4.69) is 113 Å². The van der Waals surface area contributed by atoms with Crippen molar-refractivity contribution in [3.8, 4) is 34.5 Å². The largest absolute Gasteiger partial charge is 0.506 e. The lowest BCUT2D eigenvalue weighted by Crippen LogP contribution is -2.02. The molecule has 0 aromatic heterocycles. The third kappa shape index (κ3) is 11.4. The number of aliphatic carboxylic acids is 2. The molecule has 0 radical (unpaired) electrons. The fourth-order valence-corrected chi connectivity index (χ4v) is 9.57. The normalized spacial score (nSPS) is 10.5. The summed E-state index contributed by atoms with van der Waals surface area (Å²) in [6.45, 7) is 0. The van der Waals surface area contributed by atoms with Crippen LogP contribution in [0, 0.1) is 25.0 Å². The molecule has 0 amide bonds. The van der Waals surface area contributed by atoms with Crippen LogP contribution < -0.4 is 9.47 Å². The number of rotatable bonds is 8. The van der Waals surface area contributed by atoms with Crippen LogP contribution in [-0.2, 0) is 22.4 Å². The Morgan fingerprint density at radius 2 is 0.930 bits per heavy atom. The van der Waals surface area contributed by atoms with E-state index in [9.17, 15) is 19.8 Å². The molecule has 0 atom stereocenters. The summed E-state index contributed by atoms with van der Waals surface area (Å²) in [5.74, 6) is 1.38. The van der Waals surface area contributed by atoms with Gasteiger partial charge in [-0.05, 0) is 218 Å². The SMILES string of the molecule is O=C(O)Cc1cc(I)c(Oc2cc(I)c(O)c(I)c2)c(I)c1.O=C(O)Cc1ccc(Oc2cc(I)c(O)c(I)c2)c(I)c1. The standard InChI is InChI=1S/C14H8I4O4.C14H9I3O4/c15-8-4-7(5-9(16)13(8)21)22-14-10(17)1-6(2-11(14)18)3-12(19)20;15-9-3-7(4-13(18)19)1-2-12(9)21-8-5-10(16)14(20)11(17)6-8/h1-2,4-5,21H,3H2,(H,19,20);1-3,5-6,20H,4H2,(H,18,19). The summed E-state index contributed by atoms with van der Waals surface area (Å²) in [7, 11) is 0. The van der Waals surface area contributed by atoms with Crippen molar-refractivity contribution in [3.63, 3.8) is 0 Å². The summed E-state index contributed by atoms with van der Waals surface area (Å²) in [6, 6.07) is 15.9. The van der Waals surface area contributed by atoms with Crippen LogP contribution in [0.3, 0.4) is 0 Å². The fraction of sp³-hybridized carbons (Fsp3) is 0.0714. The first-order valence-electron chi connectivity index (χ1n) is 11.6. The van der Waals surface area contributed by atoms with Crippen molar-refractivity contribution < 1.29 is 39.5 Å². The van der Waals surface area contributed by atoms with E-state index in [4.69, 9.17) is 19.7 Å². The molecule has 43 heavy (non-hydrogen) atoms. The summed E-state index contributed by atoms with van der Waals surface area (Å²) >= 11 is 14.6. The average molecular weight is 1370 g/mol. The fourth-order valence-electron chi connectivity index (χ4n) is 3.35. The lowest BCUT2D eigenvalue weighted by Gasteiger charge is -2.13. The van der Waals surface area contributed by atoms with Crippen LogP contribution in [0.5, 0.6) is 34.5 Å². The molecule has 0 bridgehead atoms. The first kappa shape index (κ1) is 37.6. The van der Waals surface area contributed by atoms with Gasteiger partial charge in [0, 0.05) is 0 Å². The molecular formula is C28H17I7O8. The van der Waals surface area contributed by atoms with Crippen molar-refractivity contribution in [2.45, 2.75) is 12.8 Å².